The van der Waals surface area contributed by atoms with E-state index in [1.165, 1.54) is 18.3 Å². The number of hydrogen-bond acceptors (Lipinski definition) is 4. The van der Waals surface area contributed by atoms with Crippen LogP contribution < -0.4 is 9.46 Å². The predicted molar refractivity (Wildman–Crippen MR) is 93.0 cm³/mol. The molecule has 0 aliphatic heterocycles. The minimum Gasteiger partial charge on any atom is -0.439 e. The van der Waals surface area contributed by atoms with E-state index in [2.05, 4.69) is 9.71 Å². The van der Waals surface area contributed by atoms with Crippen LogP contribution in [0.4, 0.5) is 5.69 Å². The number of nitrogens with zero attached hydrogens (tertiary/aromatic N) is 1. The first-order chi connectivity index (χ1) is 11.5. The first-order valence-corrected chi connectivity index (χ1v) is 8.86. The summed E-state index contributed by atoms with van der Waals surface area (Å²) in [5, 5.41) is 0.530. The second kappa shape index (κ2) is 6.90. The highest BCUT2D eigenvalue weighted by Crippen LogP contribution is 2.22. The summed E-state index contributed by atoms with van der Waals surface area (Å²) in [5.41, 5.74) is 0.420. The number of pyridine rings is 1. The van der Waals surface area contributed by atoms with Crippen LogP contribution in [0.2, 0.25) is 5.02 Å². The van der Waals surface area contributed by atoms with Gasteiger partial charge in [-0.1, -0.05) is 29.8 Å². The van der Waals surface area contributed by atoms with Gasteiger partial charge in [-0.15, -0.1) is 0 Å². The van der Waals surface area contributed by atoms with Crippen LogP contribution in [0.5, 0.6) is 11.6 Å². The van der Waals surface area contributed by atoms with E-state index in [1.807, 2.05) is 18.2 Å². The molecule has 0 saturated carbocycles. The normalized spacial score (nSPS) is 11.0. The van der Waals surface area contributed by atoms with Gasteiger partial charge in [-0.3, -0.25) is 4.72 Å². The molecule has 0 radical (unpaired) electrons. The second-order valence-electron chi connectivity index (χ2n) is 4.86. The van der Waals surface area contributed by atoms with Crippen molar-refractivity contribution in [3.05, 3.63) is 77.9 Å². The molecular weight excluding hydrogens is 348 g/mol. The monoisotopic (exact) mass is 360 g/mol. The number of para-hydroxylation sites is 1. The lowest BCUT2D eigenvalue weighted by molar-refractivity contribution is 0.462. The van der Waals surface area contributed by atoms with Gasteiger partial charge in [-0.05, 0) is 42.5 Å². The largest absolute Gasteiger partial charge is 0.439 e. The van der Waals surface area contributed by atoms with Crippen LogP contribution in [0.3, 0.4) is 0 Å². The Kier molecular flexibility index (Phi) is 4.69. The van der Waals surface area contributed by atoms with Gasteiger partial charge in [0.05, 0.1) is 6.20 Å². The first kappa shape index (κ1) is 16.3. The molecule has 0 atom stereocenters. The van der Waals surface area contributed by atoms with Crippen LogP contribution in [0.1, 0.15) is 0 Å². The minimum atomic E-state index is -3.73. The minimum absolute atomic E-state index is 0.0397. The topological polar surface area (TPSA) is 68.3 Å². The molecule has 0 fully saturated rings. The molecule has 1 aromatic heterocycles. The number of halogens is 1. The zero-order valence-electron chi connectivity index (χ0n) is 12.4. The number of sulfonamides is 1. The Labute approximate surface area is 144 Å². The first-order valence-electron chi connectivity index (χ1n) is 7.00. The van der Waals surface area contributed by atoms with E-state index in [0.717, 1.165) is 0 Å². The molecule has 2 aromatic carbocycles. The van der Waals surface area contributed by atoms with Crippen LogP contribution in [0.15, 0.2) is 77.8 Å². The van der Waals surface area contributed by atoms with E-state index in [0.29, 0.717) is 22.3 Å². The van der Waals surface area contributed by atoms with Crippen molar-refractivity contribution in [3.8, 4) is 11.6 Å². The molecule has 1 heterocycles. The zero-order chi connectivity index (χ0) is 17.0. The highest BCUT2D eigenvalue weighted by atomic mass is 35.5. The Morgan fingerprint density at radius 3 is 2.25 bits per heavy atom. The number of aromatic nitrogens is 1. The lowest BCUT2D eigenvalue weighted by Crippen LogP contribution is -2.13. The molecule has 3 aromatic rings. The summed E-state index contributed by atoms with van der Waals surface area (Å²) in [6.45, 7) is 0. The van der Waals surface area contributed by atoms with Gasteiger partial charge in [0, 0.05) is 16.8 Å². The summed E-state index contributed by atoms with van der Waals surface area (Å²) in [4.78, 5) is 4.07. The van der Waals surface area contributed by atoms with E-state index in [1.54, 1.807) is 36.4 Å². The molecule has 0 aliphatic rings. The van der Waals surface area contributed by atoms with Crippen molar-refractivity contribution in [2.24, 2.45) is 0 Å². The summed E-state index contributed by atoms with van der Waals surface area (Å²) in [5.74, 6) is 0.937. The number of hydrogen-bond donors (Lipinski definition) is 1. The van der Waals surface area contributed by atoms with Crippen molar-refractivity contribution in [1.29, 1.82) is 0 Å². The Balaban J connectivity index is 1.75. The van der Waals surface area contributed by atoms with Crippen LogP contribution in [-0.2, 0) is 10.0 Å². The quantitative estimate of drug-likeness (QED) is 0.735. The van der Waals surface area contributed by atoms with Gasteiger partial charge in [0.25, 0.3) is 10.0 Å². The molecule has 5 nitrogen and oxygen atoms in total. The molecule has 0 unspecified atom stereocenters. The molecule has 24 heavy (non-hydrogen) atoms. The summed E-state index contributed by atoms with van der Waals surface area (Å²) in [6.07, 6.45) is 1.25. The van der Waals surface area contributed by atoms with Gasteiger partial charge < -0.3 is 4.74 Å². The van der Waals surface area contributed by atoms with Gasteiger partial charge in [0.2, 0.25) is 5.88 Å². The standard InChI is InChI=1S/C17H13ClN2O3S/c18-13-6-8-14(9-7-13)20-24(21,22)16-10-11-17(19-12-16)23-15-4-2-1-3-5-15/h1-12,20H. The number of benzene rings is 2. The third kappa shape index (κ3) is 4.04. The highest BCUT2D eigenvalue weighted by Gasteiger charge is 2.15. The van der Waals surface area contributed by atoms with Gasteiger partial charge in [-0.2, -0.15) is 0 Å². The van der Waals surface area contributed by atoms with E-state index in [4.69, 9.17) is 16.3 Å². The molecule has 0 bridgehead atoms. The van der Waals surface area contributed by atoms with Crippen LogP contribution in [0.25, 0.3) is 0 Å². The van der Waals surface area contributed by atoms with Crippen LogP contribution in [0, 0.1) is 0 Å². The SMILES string of the molecule is O=S(=O)(Nc1ccc(Cl)cc1)c1ccc(Oc2ccccc2)nc1. The van der Waals surface area contributed by atoms with Crippen molar-refractivity contribution < 1.29 is 13.2 Å². The van der Waals surface area contributed by atoms with Crippen molar-refractivity contribution in [3.63, 3.8) is 0 Å². The van der Waals surface area contributed by atoms with Crippen molar-refractivity contribution in [2.75, 3.05) is 4.72 Å². The average molecular weight is 361 g/mol. The third-order valence-electron chi connectivity index (χ3n) is 3.08. The van der Waals surface area contributed by atoms with Gasteiger partial charge in [0.15, 0.2) is 0 Å². The Morgan fingerprint density at radius 1 is 0.917 bits per heavy atom. The zero-order valence-corrected chi connectivity index (χ0v) is 14.0. The van der Waals surface area contributed by atoms with Crippen molar-refractivity contribution in [2.45, 2.75) is 4.90 Å². The predicted octanol–water partition coefficient (Wildman–Crippen LogP) is 4.33. The van der Waals surface area contributed by atoms with Crippen molar-refractivity contribution in [1.82, 2.24) is 4.98 Å². The van der Waals surface area contributed by atoms with Gasteiger partial charge in [-0.25, -0.2) is 13.4 Å². The molecule has 1 N–H and O–H groups in total. The van der Waals surface area contributed by atoms with Crippen LogP contribution in [-0.4, -0.2) is 13.4 Å². The molecular formula is C17H13ClN2O3S. The fourth-order valence-electron chi connectivity index (χ4n) is 1.93. The van der Waals surface area contributed by atoms with Crippen molar-refractivity contribution >= 4 is 27.3 Å². The van der Waals surface area contributed by atoms with E-state index < -0.39 is 10.0 Å². The number of nitrogens with one attached hydrogen (secondary N) is 1. The summed E-state index contributed by atoms with van der Waals surface area (Å²) in [7, 11) is -3.73. The summed E-state index contributed by atoms with van der Waals surface area (Å²) < 4.78 is 32.7. The van der Waals surface area contributed by atoms with E-state index in [9.17, 15) is 8.42 Å². The Hall–Kier alpha value is -2.57. The lowest BCUT2D eigenvalue weighted by Gasteiger charge is -2.09. The van der Waals surface area contributed by atoms with E-state index in [-0.39, 0.29) is 4.90 Å². The summed E-state index contributed by atoms with van der Waals surface area (Å²) in [6, 6.07) is 18.4. The molecule has 3 rings (SSSR count). The molecule has 7 heteroatoms. The molecule has 122 valence electrons. The molecule has 0 spiro atoms. The van der Waals surface area contributed by atoms with Crippen LogP contribution >= 0.6 is 11.6 Å². The third-order valence-corrected chi connectivity index (χ3v) is 4.70. The number of anilines is 1. The molecule has 0 amide bonds. The summed E-state index contributed by atoms with van der Waals surface area (Å²) >= 11 is 5.78. The maximum Gasteiger partial charge on any atom is 0.263 e. The molecule has 0 aliphatic carbocycles. The number of rotatable bonds is 5. The maximum atomic E-state index is 12.3. The Morgan fingerprint density at radius 2 is 1.62 bits per heavy atom. The van der Waals surface area contributed by atoms with Gasteiger partial charge >= 0.3 is 0 Å². The Bertz CT molecular complexity index is 912. The van der Waals surface area contributed by atoms with Gasteiger partial charge in [0.1, 0.15) is 10.6 Å². The smallest absolute Gasteiger partial charge is 0.263 e. The fourth-order valence-corrected chi connectivity index (χ4v) is 3.06. The fraction of sp³-hybridized carbons (Fsp3) is 0. The molecule has 0 saturated heterocycles. The maximum absolute atomic E-state index is 12.3. The lowest BCUT2D eigenvalue weighted by atomic mass is 10.3. The van der Waals surface area contributed by atoms with E-state index >= 15 is 0 Å². The highest BCUT2D eigenvalue weighted by molar-refractivity contribution is 7.92. The number of ether oxygens (including phenoxy) is 1. The second-order valence-corrected chi connectivity index (χ2v) is 6.98. The average Bonchev–Trinajstić information content (AvgIpc) is 2.58.